The topological polar surface area (TPSA) is 55.1 Å². The van der Waals surface area contributed by atoms with Gasteiger partial charge in [0.15, 0.2) is 0 Å². The molecule has 0 bridgehead atoms. The van der Waals surface area contributed by atoms with Crippen LogP contribution in [0, 0.1) is 0 Å². The van der Waals surface area contributed by atoms with Gasteiger partial charge in [0.25, 0.3) is 0 Å². The van der Waals surface area contributed by atoms with Gasteiger partial charge in [-0.25, -0.2) is 0 Å². The Balaban J connectivity index is 0.00000220. The molecule has 1 aliphatic rings. The van der Waals surface area contributed by atoms with E-state index >= 15 is 0 Å². The molecular weight excluding hydrogens is 284 g/mol. The standard InChI is InChI=1S/C17H26N2O.ClH/c1-2-3-9-14(12-18)19-17(20)16-11-6-8-13-7-4-5-10-15(13)16;/h4-5,7,10,14,16H,2-3,6,8-9,11-12,18H2,1H3,(H,19,20);1H. The van der Waals surface area contributed by atoms with E-state index in [1.165, 1.54) is 11.1 Å². The second-order valence-corrected chi connectivity index (χ2v) is 5.73. The van der Waals surface area contributed by atoms with Gasteiger partial charge < -0.3 is 11.1 Å². The minimum atomic E-state index is 0. The van der Waals surface area contributed by atoms with Crippen LogP contribution in [-0.4, -0.2) is 18.5 Å². The SMILES string of the molecule is CCCCC(CN)NC(=O)C1CCCc2ccccc21.Cl. The third kappa shape index (κ3) is 4.72. The maximum Gasteiger partial charge on any atom is 0.227 e. The van der Waals surface area contributed by atoms with Gasteiger partial charge in [0.2, 0.25) is 5.91 Å². The van der Waals surface area contributed by atoms with Gasteiger partial charge in [0.1, 0.15) is 0 Å². The van der Waals surface area contributed by atoms with E-state index in [0.717, 1.165) is 38.5 Å². The summed E-state index contributed by atoms with van der Waals surface area (Å²) in [6, 6.07) is 8.45. The number of hydrogen-bond acceptors (Lipinski definition) is 2. The Morgan fingerprint density at radius 3 is 2.90 bits per heavy atom. The first-order valence-corrected chi connectivity index (χ1v) is 7.84. The minimum absolute atomic E-state index is 0. The van der Waals surface area contributed by atoms with Gasteiger partial charge in [0.05, 0.1) is 5.92 Å². The maximum absolute atomic E-state index is 12.5. The molecule has 2 unspecified atom stereocenters. The molecule has 2 atom stereocenters. The largest absolute Gasteiger partial charge is 0.352 e. The summed E-state index contributed by atoms with van der Waals surface area (Å²) in [6.07, 6.45) is 6.37. The lowest BCUT2D eigenvalue weighted by Gasteiger charge is -2.27. The van der Waals surface area contributed by atoms with Crippen LogP contribution in [0.1, 0.15) is 56.1 Å². The molecule has 0 saturated heterocycles. The number of halogens is 1. The monoisotopic (exact) mass is 310 g/mol. The van der Waals surface area contributed by atoms with Crippen molar-refractivity contribution in [3.05, 3.63) is 35.4 Å². The second kappa shape index (κ2) is 9.06. The van der Waals surface area contributed by atoms with Gasteiger partial charge >= 0.3 is 0 Å². The fourth-order valence-corrected chi connectivity index (χ4v) is 3.03. The summed E-state index contributed by atoms with van der Waals surface area (Å²) in [7, 11) is 0. The molecule has 118 valence electrons. The Morgan fingerprint density at radius 1 is 1.43 bits per heavy atom. The van der Waals surface area contributed by atoms with E-state index in [9.17, 15) is 4.79 Å². The van der Waals surface area contributed by atoms with Gasteiger partial charge in [-0.3, -0.25) is 4.79 Å². The number of amides is 1. The molecular formula is C17H27ClN2O. The first-order chi connectivity index (χ1) is 9.76. The third-order valence-corrected chi connectivity index (χ3v) is 4.22. The summed E-state index contributed by atoms with van der Waals surface area (Å²) in [5.74, 6) is 0.166. The van der Waals surface area contributed by atoms with E-state index in [2.05, 4.69) is 30.4 Å². The van der Waals surface area contributed by atoms with Crippen LogP contribution in [0.5, 0.6) is 0 Å². The Bertz CT molecular complexity index is 450. The summed E-state index contributed by atoms with van der Waals surface area (Å²) < 4.78 is 0. The van der Waals surface area contributed by atoms with Gasteiger partial charge in [-0.2, -0.15) is 0 Å². The zero-order valence-corrected chi connectivity index (χ0v) is 13.6. The lowest BCUT2D eigenvalue weighted by molar-refractivity contribution is -0.123. The molecule has 0 fully saturated rings. The van der Waals surface area contributed by atoms with Crippen molar-refractivity contribution < 1.29 is 4.79 Å². The molecule has 1 aliphatic carbocycles. The van der Waals surface area contributed by atoms with E-state index < -0.39 is 0 Å². The number of carbonyl (C=O) groups excluding carboxylic acids is 1. The number of rotatable bonds is 6. The van der Waals surface area contributed by atoms with E-state index in [4.69, 9.17) is 5.73 Å². The second-order valence-electron chi connectivity index (χ2n) is 5.73. The van der Waals surface area contributed by atoms with Crippen molar-refractivity contribution >= 4 is 18.3 Å². The Labute approximate surface area is 134 Å². The molecule has 0 aromatic heterocycles. The number of fused-ring (bicyclic) bond motifs is 1. The van der Waals surface area contributed by atoms with Gasteiger partial charge in [0, 0.05) is 12.6 Å². The summed E-state index contributed by atoms with van der Waals surface area (Å²) in [6.45, 7) is 2.69. The van der Waals surface area contributed by atoms with Crippen molar-refractivity contribution in [3.63, 3.8) is 0 Å². The molecule has 1 amide bonds. The van der Waals surface area contributed by atoms with Gasteiger partial charge in [-0.05, 0) is 36.8 Å². The summed E-state index contributed by atoms with van der Waals surface area (Å²) in [5, 5.41) is 3.15. The third-order valence-electron chi connectivity index (χ3n) is 4.22. The van der Waals surface area contributed by atoms with Crippen molar-refractivity contribution in [2.75, 3.05) is 6.54 Å². The molecule has 1 aromatic rings. The Kier molecular flexibility index (Phi) is 7.76. The zero-order chi connectivity index (χ0) is 14.4. The fraction of sp³-hybridized carbons (Fsp3) is 0.588. The average Bonchev–Trinajstić information content (AvgIpc) is 2.50. The van der Waals surface area contributed by atoms with Crippen LogP contribution in [0.25, 0.3) is 0 Å². The molecule has 3 nitrogen and oxygen atoms in total. The zero-order valence-electron chi connectivity index (χ0n) is 12.8. The predicted molar refractivity (Wildman–Crippen MR) is 89.9 cm³/mol. The number of carbonyl (C=O) groups is 1. The number of nitrogens with two attached hydrogens (primary N) is 1. The smallest absolute Gasteiger partial charge is 0.227 e. The van der Waals surface area contributed by atoms with Crippen LogP contribution in [0.4, 0.5) is 0 Å². The highest BCUT2D eigenvalue weighted by atomic mass is 35.5. The lowest BCUT2D eigenvalue weighted by atomic mass is 9.82. The average molecular weight is 311 g/mol. The fourth-order valence-electron chi connectivity index (χ4n) is 3.03. The first-order valence-electron chi connectivity index (χ1n) is 7.84. The normalized spacial score (nSPS) is 18.3. The molecule has 0 heterocycles. The first kappa shape index (κ1) is 18.0. The lowest BCUT2D eigenvalue weighted by Crippen LogP contribution is -2.43. The van der Waals surface area contributed by atoms with Crippen LogP contribution in [0.15, 0.2) is 24.3 Å². The number of unbranched alkanes of at least 4 members (excludes halogenated alkanes) is 1. The number of benzene rings is 1. The van der Waals surface area contributed by atoms with Crippen LogP contribution < -0.4 is 11.1 Å². The summed E-state index contributed by atoms with van der Waals surface area (Å²) in [4.78, 5) is 12.5. The predicted octanol–water partition coefficient (Wildman–Crippen LogP) is 3.16. The summed E-state index contributed by atoms with van der Waals surface area (Å²) >= 11 is 0. The van der Waals surface area contributed by atoms with Crippen molar-refractivity contribution in [2.45, 2.75) is 57.4 Å². The molecule has 0 aliphatic heterocycles. The highest BCUT2D eigenvalue weighted by molar-refractivity contribution is 5.85. The molecule has 1 aromatic carbocycles. The van der Waals surface area contributed by atoms with Gasteiger partial charge in [-0.1, -0.05) is 44.0 Å². The molecule has 0 spiro atoms. The van der Waals surface area contributed by atoms with Crippen molar-refractivity contribution in [3.8, 4) is 0 Å². The van der Waals surface area contributed by atoms with Crippen molar-refractivity contribution in [1.29, 1.82) is 0 Å². The van der Waals surface area contributed by atoms with E-state index in [0.29, 0.717) is 6.54 Å². The minimum Gasteiger partial charge on any atom is -0.352 e. The molecule has 0 saturated carbocycles. The summed E-state index contributed by atoms with van der Waals surface area (Å²) in [5.41, 5.74) is 8.31. The number of nitrogens with one attached hydrogen (secondary N) is 1. The van der Waals surface area contributed by atoms with E-state index in [-0.39, 0.29) is 30.3 Å². The highest BCUT2D eigenvalue weighted by Crippen LogP contribution is 2.31. The van der Waals surface area contributed by atoms with Crippen LogP contribution >= 0.6 is 12.4 Å². The van der Waals surface area contributed by atoms with E-state index in [1.54, 1.807) is 0 Å². The number of hydrogen-bond donors (Lipinski definition) is 2. The quantitative estimate of drug-likeness (QED) is 0.848. The van der Waals surface area contributed by atoms with Crippen LogP contribution in [-0.2, 0) is 11.2 Å². The molecule has 2 rings (SSSR count). The Morgan fingerprint density at radius 2 is 2.19 bits per heavy atom. The van der Waals surface area contributed by atoms with Gasteiger partial charge in [-0.15, -0.1) is 12.4 Å². The van der Waals surface area contributed by atoms with E-state index in [1.807, 2.05) is 6.07 Å². The van der Waals surface area contributed by atoms with Crippen molar-refractivity contribution in [1.82, 2.24) is 5.32 Å². The highest BCUT2D eigenvalue weighted by Gasteiger charge is 2.27. The Hall–Kier alpha value is -1.06. The molecule has 3 N–H and O–H groups in total. The van der Waals surface area contributed by atoms with Crippen LogP contribution in [0.3, 0.4) is 0 Å². The number of aryl methyl sites for hydroxylation is 1. The van der Waals surface area contributed by atoms with Crippen molar-refractivity contribution in [2.24, 2.45) is 5.73 Å². The maximum atomic E-state index is 12.5. The van der Waals surface area contributed by atoms with Crippen LogP contribution in [0.2, 0.25) is 0 Å². The molecule has 21 heavy (non-hydrogen) atoms. The molecule has 4 heteroatoms. The molecule has 0 radical (unpaired) electrons.